The lowest BCUT2D eigenvalue weighted by Crippen LogP contribution is -3.00. The van der Waals surface area contributed by atoms with E-state index in [1.165, 1.54) is 103 Å². The largest absolute Gasteiger partial charge is 1.00 e. The van der Waals surface area contributed by atoms with E-state index in [2.05, 4.69) is 21.0 Å². The van der Waals surface area contributed by atoms with Gasteiger partial charge >= 0.3 is 0 Å². The predicted octanol–water partition coefficient (Wildman–Crippen LogP) is 4.18. The number of hydrogen-bond donors (Lipinski definition) is 0. The minimum absolute atomic E-state index is 0. The molecule has 0 N–H and O–H groups in total. The van der Waals surface area contributed by atoms with Crippen molar-refractivity contribution in [2.24, 2.45) is 0 Å². The minimum atomic E-state index is 0. The van der Waals surface area contributed by atoms with Crippen molar-refractivity contribution < 1.29 is 16.9 Å². The molecule has 0 fully saturated rings. The highest BCUT2D eigenvalue weighted by Crippen LogP contribution is 2.13. The van der Waals surface area contributed by atoms with E-state index in [1.54, 1.807) is 0 Å². The van der Waals surface area contributed by atoms with Crippen LogP contribution in [0.2, 0.25) is 0 Å². The van der Waals surface area contributed by atoms with E-state index in [1.807, 2.05) is 0 Å². The number of alkyl halides is 1. The molecule has 0 spiro atoms. The zero-order valence-electron chi connectivity index (χ0n) is 16.9. The molecule has 0 aromatic carbocycles. The molecule has 0 amide bonds. The van der Waals surface area contributed by atoms with Gasteiger partial charge in [-0.2, -0.15) is 0 Å². The molecular weight excluding hydrogens is 337 g/mol. The SMILES string of the molecule is CCCCCCCCCCCCCCCC[N+](C)(C)CCCCl.[Cl-]. The maximum atomic E-state index is 5.79. The summed E-state index contributed by atoms with van der Waals surface area (Å²) in [4.78, 5) is 0. The third-order valence-corrected chi connectivity index (χ3v) is 5.28. The van der Waals surface area contributed by atoms with Gasteiger partial charge in [-0.05, 0) is 12.8 Å². The fourth-order valence-electron chi connectivity index (χ4n) is 3.33. The zero-order valence-corrected chi connectivity index (χ0v) is 18.4. The number of quaternary nitrogens is 1. The van der Waals surface area contributed by atoms with Crippen molar-refractivity contribution in [1.82, 2.24) is 0 Å². The quantitative estimate of drug-likeness (QED) is 0.190. The molecule has 0 radical (unpaired) electrons. The van der Waals surface area contributed by atoms with Crippen LogP contribution in [0, 0.1) is 0 Å². The summed E-state index contributed by atoms with van der Waals surface area (Å²) in [5.41, 5.74) is 0. The number of hydrogen-bond acceptors (Lipinski definition) is 0. The van der Waals surface area contributed by atoms with Crippen LogP contribution in [0.3, 0.4) is 0 Å². The molecule has 0 aliphatic carbocycles. The predicted molar refractivity (Wildman–Crippen MR) is 107 cm³/mol. The summed E-state index contributed by atoms with van der Waals surface area (Å²) in [6.45, 7) is 4.83. The lowest BCUT2D eigenvalue weighted by atomic mass is 10.0. The summed E-state index contributed by atoms with van der Waals surface area (Å²) in [6.07, 6.45) is 21.4. The number of halogens is 2. The van der Waals surface area contributed by atoms with Crippen molar-refractivity contribution in [3.63, 3.8) is 0 Å². The second-order valence-corrected chi connectivity index (χ2v) is 8.40. The Bertz CT molecular complexity index is 232. The van der Waals surface area contributed by atoms with E-state index in [0.717, 1.165) is 16.8 Å². The molecule has 0 heterocycles. The molecule has 0 unspecified atom stereocenters. The normalized spacial score (nSPS) is 11.5. The Morgan fingerprint density at radius 3 is 1.25 bits per heavy atom. The van der Waals surface area contributed by atoms with Crippen molar-refractivity contribution in [2.45, 2.75) is 103 Å². The number of rotatable bonds is 18. The summed E-state index contributed by atoms with van der Waals surface area (Å²) >= 11 is 5.79. The molecule has 0 aromatic heterocycles. The van der Waals surface area contributed by atoms with E-state index in [9.17, 15) is 0 Å². The van der Waals surface area contributed by atoms with Gasteiger partial charge in [-0.1, -0.05) is 84.0 Å². The fraction of sp³-hybridized carbons (Fsp3) is 1.00. The van der Waals surface area contributed by atoms with Gasteiger partial charge in [-0.3, -0.25) is 0 Å². The van der Waals surface area contributed by atoms with Crippen LogP contribution in [0.25, 0.3) is 0 Å². The Morgan fingerprint density at radius 1 is 0.542 bits per heavy atom. The average molecular weight is 383 g/mol. The maximum absolute atomic E-state index is 5.79. The van der Waals surface area contributed by atoms with Crippen molar-refractivity contribution in [2.75, 3.05) is 33.1 Å². The lowest BCUT2D eigenvalue weighted by molar-refractivity contribution is -0.890. The Labute approximate surface area is 164 Å². The maximum Gasteiger partial charge on any atom is 0.0794 e. The molecule has 0 aliphatic rings. The summed E-state index contributed by atoms with van der Waals surface area (Å²) in [6, 6.07) is 0. The molecule has 24 heavy (non-hydrogen) atoms. The van der Waals surface area contributed by atoms with E-state index in [4.69, 9.17) is 11.6 Å². The van der Waals surface area contributed by atoms with Gasteiger partial charge in [-0.15, -0.1) is 11.6 Å². The van der Waals surface area contributed by atoms with Crippen molar-refractivity contribution in [3.8, 4) is 0 Å². The molecule has 0 aliphatic heterocycles. The first-order chi connectivity index (χ1) is 11.1. The molecule has 0 saturated carbocycles. The minimum Gasteiger partial charge on any atom is -1.00 e. The van der Waals surface area contributed by atoms with Crippen molar-refractivity contribution >= 4 is 11.6 Å². The van der Waals surface area contributed by atoms with Crippen LogP contribution in [-0.2, 0) is 0 Å². The molecule has 0 atom stereocenters. The third-order valence-electron chi connectivity index (χ3n) is 5.01. The standard InChI is InChI=1S/C21H45ClN.ClH/c1-4-5-6-7-8-9-10-11-12-13-14-15-16-17-20-23(2,3)21-18-19-22;/h4-21H2,1-3H3;1H/q+1;/p-1. The Kier molecular flexibility index (Phi) is 22.1. The zero-order chi connectivity index (χ0) is 17.2. The Hall–Kier alpha value is 0.540. The van der Waals surface area contributed by atoms with E-state index >= 15 is 0 Å². The Morgan fingerprint density at radius 2 is 0.875 bits per heavy atom. The summed E-state index contributed by atoms with van der Waals surface area (Å²) in [5.74, 6) is 0.806. The number of nitrogens with zero attached hydrogens (tertiary/aromatic N) is 1. The van der Waals surface area contributed by atoms with Gasteiger partial charge in [-0.25, -0.2) is 0 Å². The molecule has 148 valence electrons. The Balaban J connectivity index is 0. The molecule has 3 heteroatoms. The van der Waals surface area contributed by atoms with Gasteiger partial charge in [0.25, 0.3) is 0 Å². The molecule has 0 bridgehead atoms. The smallest absolute Gasteiger partial charge is 0.0794 e. The topological polar surface area (TPSA) is 0 Å². The molecule has 1 nitrogen and oxygen atoms in total. The first-order valence-electron chi connectivity index (χ1n) is 10.5. The highest BCUT2D eigenvalue weighted by Gasteiger charge is 2.12. The van der Waals surface area contributed by atoms with Crippen LogP contribution in [0.15, 0.2) is 0 Å². The van der Waals surface area contributed by atoms with E-state index < -0.39 is 0 Å². The van der Waals surface area contributed by atoms with Gasteiger partial charge in [0.15, 0.2) is 0 Å². The first kappa shape index (κ1) is 26.8. The molecule has 0 rings (SSSR count). The monoisotopic (exact) mass is 381 g/mol. The van der Waals surface area contributed by atoms with Crippen LogP contribution in [0.4, 0.5) is 0 Å². The van der Waals surface area contributed by atoms with Gasteiger partial charge < -0.3 is 16.9 Å². The van der Waals surface area contributed by atoms with Gasteiger partial charge in [0, 0.05) is 12.3 Å². The second kappa shape index (κ2) is 19.9. The third kappa shape index (κ3) is 20.6. The van der Waals surface area contributed by atoms with Crippen LogP contribution >= 0.6 is 11.6 Å². The fourth-order valence-corrected chi connectivity index (χ4v) is 3.45. The molecule has 0 saturated heterocycles. The summed E-state index contributed by atoms with van der Waals surface area (Å²) in [5, 5.41) is 0. The lowest BCUT2D eigenvalue weighted by Gasteiger charge is -2.29. The van der Waals surface area contributed by atoms with Crippen molar-refractivity contribution in [3.05, 3.63) is 0 Å². The van der Waals surface area contributed by atoms with Crippen LogP contribution < -0.4 is 12.4 Å². The summed E-state index contributed by atoms with van der Waals surface area (Å²) < 4.78 is 1.14. The molecule has 0 aromatic rings. The van der Waals surface area contributed by atoms with Gasteiger partial charge in [0.1, 0.15) is 0 Å². The van der Waals surface area contributed by atoms with Crippen LogP contribution in [0.1, 0.15) is 103 Å². The highest BCUT2D eigenvalue weighted by atomic mass is 35.5. The van der Waals surface area contributed by atoms with Crippen LogP contribution in [-0.4, -0.2) is 37.5 Å². The molecular formula is C21H45Cl2N. The first-order valence-corrected chi connectivity index (χ1v) is 11.0. The van der Waals surface area contributed by atoms with E-state index in [-0.39, 0.29) is 12.4 Å². The summed E-state index contributed by atoms with van der Waals surface area (Å²) in [7, 11) is 4.68. The highest BCUT2D eigenvalue weighted by molar-refractivity contribution is 6.17. The number of unbranched alkanes of at least 4 members (excludes halogenated alkanes) is 13. The van der Waals surface area contributed by atoms with E-state index in [0.29, 0.717) is 0 Å². The second-order valence-electron chi connectivity index (χ2n) is 8.02. The van der Waals surface area contributed by atoms with Gasteiger partial charge in [0.05, 0.1) is 27.2 Å². The average Bonchev–Trinajstić information content (AvgIpc) is 2.53. The van der Waals surface area contributed by atoms with Gasteiger partial charge in [0.2, 0.25) is 0 Å². The van der Waals surface area contributed by atoms with Crippen molar-refractivity contribution in [1.29, 1.82) is 0 Å². The van der Waals surface area contributed by atoms with Crippen LogP contribution in [0.5, 0.6) is 0 Å².